The zero-order valence-corrected chi connectivity index (χ0v) is 13.9. The van der Waals surface area contributed by atoms with Crippen LogP contribution >= 0.6 is 0 Å². The van der Waals surface area contributed by atoms with Crippen LogP contribution in [0.2, 0.25) is 0 Å². The number of fused-ring (bicyclic) bond motifs is 1. The minimum atomic E-state index is -1.15. The summed E-state index contributed by atoms with van der Waals surface area (Å²) in [6.07, 6.45) is 0.366. The van der Waals surface area contributed by atoms with Crippen LogP contribution in [-0.4, -0.2) is 38.4 Å². The lowest BCUT2D eigenvalue weighted by atomic mass is 10.0. The van der Waals surface area contributed by atoms with Gasteiger partial charge >= 0.3 is 5.97 Å². The molecule has 1 aliphatic heterocycles. The van der Waals surface area contributed by atoms with E-state index in [4.69, 9.17) is 0 Å². The van der Waals surface area contributed by atoms with Crippen LogP contribution in [0.1, 0.15) is 34.1 Å². The molecule has 1 aliphatic rings. The summed E-state index contributed by atoms with van der Waals surface area (Å²) in [5.74, 6) is -1.09. The Hall–Kier alpha value is -3.03. The molecule has 0 saturated carbocycles. The molecule has 26 heavy (non-hydrogen) atoms. The summed E-state index contributed by atoms with van der Waals surface area (Å²) in [5, 5.41) is 13.6. The standard InChI is InChI=1S/C18H16F2N4O2/c1-10-4-11(6-12(19)5-10)14-7-13(20)9-23(14)17-3-2-16-21-8-15(18(25)26)24(16)22-17/h2-6,8,13-14H,7,9H2,1H3,(H,25,26)/t13-,14+/m0/s1. The first kappa shape index (κ1) is 16.4. The molecule has 3 aromatic rings. The van der Waals surface area contributed by atoms with Crippen molar-refractivity contribution in [1.29, 1.82) is 0 Å². The maximum Gasteiger partial charge on any atom is 0.356 e. The topological polar surface area (TPSA) is 70.7 Å². The fraction of sp³-hybridized carbons (Fsp3) is 0.278. The molecule has 1 aromatic carbocycles. The van der Waals surface area contributed by atoms with Gasteiger partial charge in [0.05, 0.1) is 18.8 Å². The third-order valence-corrected chi connectivity index (χ3v) is 4.56. The first-order valence-electron chi connectivity index (χ1n) is 8.18. The Kier molecular flexibility index (Phi) is 3.82. The van der Waals surface area contributed by atoms with Crippen LogP contribution < -0.4 is 4.90 Å². The Morgan fingerprint density at radius 1 is 1.31 bits per heavy atom. The second kappa shape index (κ2) is 6.05. The molecule has 0 amide bonds. The van der Waals surface area contributed by atoms with Crippen molar-refractivity contribution in [2.75, 3.05) is 11.4 Å². The minimum Gasteiger partial charge on any atom is -0.476 e. The number of nitrogens with zero attached hydrogens (tertiary/aromatic N) is 4. The molecule has 0 spiro atoms. The maximum atomic E-state index is 14.2. The molecule has 0 aliphatic carbocycles. The number of aromatic carboxylic acids is 1. The normalized spacial score (nSPS) is 20.0. The van der Waals surface area contributed by atoms with E-state index in [9.17, 15) is 18.7 Å². The van der Waals surface area contributed by atoms with Crippen LogP contribution in [0.15, 0.2) is 36.5 Å². The van der Waals surface area contributed by atoms with Gasteiger partial charge in [-0.25, -0.2) is 23.1 Å². The van der Waals surface area contributed by atoms with Crippen molar-refractivity contribution < 1.29 is 18.7 Å². The predicted octanol–water partition coefficient (Wildman–Crippen LogP) is 3.16. The van der Waals surface area contributed by atoms with Crippen LogP contribution in [0.25, 0.3) is 5.65 Å². The number of hydrogen-bond acceptors (Lipinski definition) is 4. The molecule has 0 radical (unpaired) electrons. The first-order chi connectivity index (χ1) is 12.4. The summed E-state index contributed by atoms with van der Waals surface area (Å²) in [7, 11) is 0. The zero-order chi connectivity index (χ0) is 18.4. The predicted molar refractivity (Wildman–Crippen MR) is 90.7 cm³/mol. The van der Waals surface area contributed by atoms with Gasteiger partial charge in [0.25, 0.3) is 0 Å². The van der Waals surface area contributed by atoms with Crippen LogP contribution in [0.4, 0.5) is 14.6 Å². The van der Waals surface area contributed by atoms with E-state index in [-0.39, 0.29) is 30.5 Å². The number of imidazole rings is 1. The monoisotopic (exact) mass is 358 g/mol. The third kappa shape index (κ3) is 2.77. The van der Waals surface area contributed by atoms with Crippen LogP contribution in [-0.2, 0) is 0 Å². The fourth-order valence-corrected chi connectivity index (χ4v) is 3.47. The van der Waals surface area contributed by atoms with E-state index >= 15 is 0 Å². The number of carbonyl (C=O) groups is 1. The molecule has 0 bridgehead atoms. The van der Waals surface area contributed by atoms with Gasteiger partial charge in [0.2, 0.25) is 0 Å². The molecular formula is C18H16F2N4O2. The van der Waals surface area contributed by atoms with Gasteiger partial charge in [0, 0.05) is 6.42 Å². The first-order valence-corrected chi connectivity index (χ1v) is 8.18. The van der Waals surface area contributed by atoms with Crippen molar-refractivity contribution in [2.24, 2.45) is 0 Å². The number of rotatable bonds is 3. The molecule has 1 fully saturated rings. The lowest BCUT2D eigenvalue weighted by Gasteiger charge is -2.26. The van der Waals surface area contributed by atoms with E-state index in [1.54, 1.807) is 24.0 Å². The molecule has 2 atom stereocenters. The van der Waals surface area contributed by atoms with E-state index in [0.29, 0.717) is 17.0 Å². The number of carboxylic acids is 1. The Bertz CT molecular complexity index is 984. The number of hydrogen-bond donors (Lipinski definition) is 1. The Labute approximate surface area is 147 Å². The molecule has 3 heterocycles. The Morgan fingerprint density at radius 2 is 2.12 bits per heavy atom. The van der Waals surface area contributed by atoms with Gasteiger partial charge in [0.1, 0.15) is 17.8 Å². The highest BCUT2D eigenvalue weighted by atomic mass is 19.1. The summed E-state index contributed by atoms with van der Waals surface area (Å²) in [6, 6.07) is 7.59. The van der Waals surface area contributed by atoms with Gasteiger partial charge in [-0.2, -0.15) is 0 Å². The highest BCUT2D eigenvalue weighted by molar-refractivity contribution is 5.86. The average molecular weight is 358 g/mol. The molecule has 1 N–H and O–H groups in total. The number of alkyl halides is 1. The largest absolute Gasteiger partial charge is 0.476 e. The average Bonchev–Trinajstić information content (AvgIpc) is 3.16. The van der Waals surface area contributed by atoms with Gasteiger partial charge in [-0.15, -0.1) is 5.10 Å². The van der Waals surface area contributed by atoms with Crippen molar-refractivity contribution in [1.82, 2.24) is 14.6 Å². The van der Waals surface area contributed by atoms with Crippen molar-refractivity contribution in [3.05, 3.63) is 59.2 Å². The second-order valence-electron chi connectivity index (χ2n) is 6.47. The number of benzene rings is 1. The van der Waals surface area contributed by atoms with Crippen molar-refractivity contribution in [2.45, 2.75) is 25.6 Å². The highest BCUT2D eigenvalue weighted by Crippen LogP contribution is 2.37. The highest BCUT2D eigenvalue weighted by Gasteiger charge is 2.34. The number of aryl methyl sites for hydroxylation is 1. The van der Waals surface area contributed by atoms with Crippen molar-refractivity contribution in [3.8, 4) is 0 Å². The lowest BCUT2D eigenvalue weighted by molar-refractivity contribution is 0.0688. The van der Waals surface area contributed by atoms with Crippen LogP contribution in [0.3, 0.4) is 0 Å². The number of anilines is 1. The molecule has 0 unspecified atom stereocenters. The van der Waals surface area contributed by atoms with Gasteiger partial charge in [0.15, 0.2) is 11.3 Å². The number of aromatic nitrogens is 3. The Balaban J connectivity index is 1.78. The fourth-order valence-electron chi connectivity index (χ4n) is 3.47. The van der Waals surface area contributed by atoms with Crippen molar-refractivity contribution >= 4 is 17.4 Å². The molecule has 4 rings (SSSR count). The molecule has 2 aromatic heterocycles. The molecule has 6 nitrogen and oxygen atoms in total. The summed E-state index contributed by atoms with van der Waals surface area (Å²) < 4.78 is 29.2. The summed E-state index contributed by atoms with van der Waals surface area (Å²) in [6.45, 7) is 1.89. The Morgan fingerprint density at radius 3 is 2.85 bits per heavy atom. The van der Waals surface area contributed by atoms with Crippen LogP contribution in [0.5, 0.6) is 0 Å². The quantitative estimate of drug-likeness (QED) is 0.779. The number of halogens is 2. The third-order valence-electron chi connectivity index (χ3n) is 4.56. The molecule has 134 valence electrons. The van der Waals surface area contributed by atoms with Gasteiger partial charge < -0.3 is 10.0 Å². The minimum absolute atomic E-state index is 0.0732. The maximum absolute atomic E-state index is 14.2. The smallest absolute Gasteiger partial charge is 0.356 e. The molecule has 1 saturated heterocycles. The van der Waals surface area contributed by atoms with Crippen LogP contribution in [0, 0.1) is 12.7 Å². The lowest BCUT2D eigenvalue weighted by Crippen LogP contribution is -2.25. The zero-order valence-electron chi connectivity index (χ0n) is 13.9. The van der Waals surface area contributed by atoms with Gasteiger partial charge in [-0.3, -0.25) is 0 Å². The summed E-state index contributed by atoms with van der Waals surface area (Å²) in [5.41, 5.74) is 1.75. The van der Waals surface area contributed by atoms with Gasteiger partial charge in [-0.05, 0) is 42.3 Å². The molecule has 8 heteroatoms. The SMILES string of the molecule is Cc1cc(F)cc([C@H]2C[C@H](F)CN2c2ccc3ncc(C(=O)O)n3n2)c1. The van der Waals surface area contributed by atoms with E-state index in [2.05, 4.69) is 10.1 Å². The van der Waals surface area contributed by atoms with E-state index in [0.717, 1.165) is 5.56 Å². The van der Waals surface area contributed by atoms with E-state index < -0.39 is 12.1 Å². The second-order valence-corrected chi connectivity index (χ2v) is 6.47. The van der Waals surface area contributed by atoms with Gasteiger partial charge in [-0.1, -0.05) is 6.07 Å². The van der Waals surface area contributed by atoms with E-state index in [1.165, 1.54) is 22.8 Å². The summed E-state index contributed by atoms with van der Waals surface area (Å²) >= 11 is 0. The van der Waals surface area contributed by atoms with Crippen molar-refractivity contribution in [3.63, 3.8) is 0 Å². The van der Waals surface area contributed by atoms with E-state index in [1.807, 2.05) is 6.07 Å². The summed E-state index contributed by atoms with van der Waals surface area (Å²) in [4.78, 5) is 17.0. The molecular weight excluding hydrogens is 342 g/mol. The number of carboxylic acid groups (broad SMARTS) is 1.